The van der Waals surface area contributed by atoms with Crippen LogP contribution in [0.1, 0.15) is 72.1 Å². The van der Waals surface area contributed by atoms with Crippen LogP contribution in [0.25, 0.3) is 0 Å². The monoisotopic (exact) mass is 651 g/mol. The number of rotatable bonds is 13. The number of carbonyl (C=O) groups excluding carboxylic acids is 3. The van der Waals surface area contributed by atoms with Crippen molar-refractivity contribution in [1.82, 2.24) is 20.3 Å². The number of hydrogen-bond donors (Lipinski definition) is 3. The van der Waals surface area contributed by atoms with Gasteiger partial charge in [-0.1, -0.05) is 103 Å². The number of carbonyl (C=O) groups is 3. The SMILES string of the molecule is CNC(C(=O)NC(C(=O)N(C)C(C=C(C)C(=O)NS(=O)(=O)Cc1ccccc1C#N)C(C)C)C(C)(C)C)C(C)(C)c1ccccc1. The molecule has 3 unspecified atom stereocenters. The van der Waals surface area contributed by atoms with E-state index >= 15 is 0 Å². The fourth-order valence-electron chi connectivity index (χ4n) is 5.38. The number of amides is 3. The van der Waals surface area contributed by atoms with E-state index in [4.69, 9.17) is 0 Å². The quantitative estimate of drug-likeness (QED) is 0.277. The topological polar surface area (TPSA) is 148 Å². The van der Waals surface area contributed by atoms with E-state index < -0.39 is 50.6 Å². The Balaban J connectivity index is 2.31. The number of nitrogens with one attached hydrogen (secondary N) is 3. The van der Waals surface area contributed by atoms with Gasteiger partial charge in [-0.2, -0.15) is 5.26 Å². The minimum atomic E-state index is -4.12. The molecule has 2 rings (SSSR count). The van der Waals surface area contributed by atoms with Gasteiger partial charge in [-0.05, 0) is 42.5 Å². The standard InChI is InChI=1S/C35H49N5O5S/c1-23(2)28(20-24(3)31(41)39-46(44,45)22-26-17-15-14-16-25(26)21-36)40(10)33(43)30(34(4,5)6)38-32(42)29(37-9)35(7,8)27-18-12-11-13-19-27/h11-20,23,28-30,37H,22H2,1-10H3,(H,38,42)(H,39,41). The molecule has 0 saturated carbocycles. The highest BCUT2D eigenvalue weighted by Crippen LogP contribution is 2.29. The molecule has 3 atom stereocenters. The lowest BCUT2D eigenvalue weighted by Gasteiger charge is -2.40. The maximum atomic E-state index is 14.1. The summed E-state index contributed by atoms with van der Waals surface area (Å²) in [6, 6.07) is 15.8. The smallest absolute Gasteiger partial charge is 0.260 e. The molecule has 0 saturated heterocycles. The van der Waals surface area contributed by atoms with Crippen LogP contribution in [0.2, 0.25) is 0 Å². The van der Waals surface area contributed by atoms with Gasteiger partial charge in [-0.3, -0.25) is 14.4 Å². The highest BCUT2D eigenvalue weighted by Gasteiger charge is 2.41. The van der Waals surface area contributed by atoms with Crippen molar-refractivity contribution in [3.8, 4) is 6.07 Å². The van der Waals surface area contributed by atoms with E-state index in [2.05, 4.69) is 15.4 Å². The average molecular weight is 652 g/mol. The molecule has 0 aliphatic rings. The molecule has 11 heteroatoms. The van der Waals surface area contributed by atoms with Gasteiger partial charge in [-0.25, -0.2) is 13.1 Å². The highest BCUT2D eigenvalue weighted by atomic mass is 32.2. The molecule has 10 nitrogen and oxygen atoms in total. The van der Waals surface area contributed by atoms with Crippen molar-refractivity contribution in [2.45, 2.75) is 84.7 Å². The molecule has 3 amide bonds. The van der Waals surface area contributed by atoms with Crippen LogP contribution in [0.3, 0.4) is 0 Å². The molecule has 46 heavy (non-hydrogen) atoms. The maximum absolute atomic E-state index is 14.1. The highest BCUT2D eigenvalue weighted by molar-refractivity contribution is 7.89. The molecule has 0 aliphatic carbocycles. The molecular weight excluding hydrogens is 602 g/mol. The molecule has 2 aromatic rings. The van der Waals surface area contributed by atoms with Gasteiger partial charge < -0.3 is 15.5 Å². The zero-order chi connectivity index (χ0) is 35.0. The molecule has 0 fully saturated rings. The lowest BCUT2D eigenvalue weighted by atomic mass is 9.76. The summed E-state index contributed by atoms with van der Waals surface area (Å²) < 4.78 is 27.7. The first kappa shape index (κ1) is 38.2. The molecule has 2 aromatic carbocycles. The molecular formula is C35H49N5O5S. The fourth-order valence-corrected chi connectivity index (χ4v) is 6.56. The van der Waals surface area contributed by atoms with Crippen LogP contribution in [0.15, 0.2) is 66.2 Å². The average Bonchev–Trinajstić information content (AvgIpc) is 2.97. The van der Waals surface area contributed by atoms with Crippen LogP contribution in [0.4, 0.5) is 0 Å². The van der Waals surface area contributed by atoms with Crippen molar-refractivity contribution < 1.29 is 22.8 Å². The Kier molecular flexibility index (Phi) is 12.9. The van der Waals surface area contributed by atoms with E-state index in [0.29, 0.717) is 0 Å². The second kappa shape index (κ2) is 15.5. The molecule has 0 heterocycles. The van der Waals surface area contributed by atoms with Crippen LogP contribution < -0.4 is 15.4 Å². The van der Waals surface area contributed by atoms with Crippen LogP contribution in [-0.2, 0) is 35.6 Å². The van der Waals surface area contributed by atoms with Gasteiger partial charge in [0.05, 0.1) is 29.5 Å². The number of hydrogen-bond acceptors (Lipinski definition) is 7. The van der Waals surface area contributed by atoms with Crippen LogP contribution in [-0.4, -0.2) is 63.3 Å². The summed E-state index contributed by atoms with van der Waals surface area (Å²) in [7, 11) is -0.796. The summed E-state index contributed by atoms with van der Waals surface area (Å²) >= 11 is 0. The van der Waals surface area contributed by atoms with Crippen molar-refractivity contribution in [3.63, 3.8) is 0 Å². The van der Waals surface area contributed by atoms with Gasteiger partial charge in [0.2, 0.25) is 21.8 Å². The Bertz CT molecular complexity index is 1570. The van der Waals surface area contributed by atoms with Crippen molar-refractivity contribution >= 4 is 27.7 Å². The fraction of sp³-hybridized carbons (Fsp3) is 0.486. The summed E-state index contributed by atoms with van der Waals surface area (Å²) in [5.74, 6) is -2.20. The van der Waals surface area contributed by atoms with E-state index in [-0.39, 0.29) is 34.4 Å². The van der Waals surface area contributed by atoms with E-state index in [1.807, 2.05) is 84.9 Å². The third kappa shape index (κ3) is 9.74. The van der Waals surface area contributed by atoms with Crippen LogP contribution in [0.5, 0.6) is 0 Å². The predicted octanol–water partition coefficient (Wildman–Crippen LogP) is 4.03. The lowest BCUT2D eigenvalue weighted by Crippen LogP contribution is -2.61. The third-order valence-corrected chi connectivity index (χ3v) is 9.37. The second-order valence-electron chi connectivity index (χ2n) is 13.6. The summed E-state index contributed by atoms with van der Waals surface area (Å²) in [6.07, 6.45) is 1.56. The van der Waals surface area contributed by atoms with Gasteiger partial charge in [0.1, 0.15) is 6.04 Å². The zero-order valence-electron chi connectivity index (χ0n) is 28.6. The molecule has 250 valence electrons. The van der Waals surface area contributed by atoms with Gasteiger partial charge >= 0.3 is 0 Å². The Labute approximate surface area is 274 Å². The van der Waals surface area contributed by atoms with Crippen molar-refractivity contribution in [2.24, 2.45) is 11.3 Å². The van der Waals surface area contributed by atoms with Gasteiger partial charge in [0.15, 0.2) is 0 Å². The number of nitriles is 1. The first-order valence-electron chi connectivity index (χ1n) is 15.3. The molecule has 3 N–H and O–H groups in total. The third-order valence-electron chi connectivity index (χ3n) is 8.18. The Morgan fingerprint density at radius 3 is 2.04 bits per heavy atom. The van der Waals surface area contributed by atoms with E-state index in [1.165, 1.54) is 24.0 Å². The number of likely N-dealkylation sites (N-methyl/N-ethyl adjacent to an activating group) is 2. The molecule has 0 spiro atoms. The van der Waals surface area contributed by atoms with E-state index in [1.54, 1.807) is 32.3 Å². The van der Waals surface area contributed by atoms with Crippen molar-refractivity contribution in [1.29, 1.82) is 5.26 Å². The largest absolute Gasteiger partial charge is 0.342 e. The second-order valence-corrected chi connectivity index (χ2v) is 15.3. The molecule has 0 radical (unpaired) electrons. The number of sulfonamides is 1. The van der Waals surface area contributed by atoms with Gasteiger partial charge in [0.25, 0.3) is 5.91 Å². The molecule has 0 aromatic heterocycles. The van der Waals surface area contributed by atoms with Crippen molar-refractivity contribution in [2.75, 3.05) is 14.1 Å². The molecule has 0 bridgehead atoms. The van der Waals surface area contributed by atoms with Crippen molar-refractivity contribution in [3.05, 3.63) is 82.9 Å². The summed E-state index contributed by atoms with van der Waals surface area (Å²) in [5, 5.41) is 15.4. The predicted molar refractivity (Wildman–Crippen MR) is 181 cm³/mol. The Hall–Kier alpha value is -4.01. The summed E-state index contributed by atoms with van der Waals surface area (Å²) in [6.45, 7) is 14.8. The van der Waals surface area contributed by atoms with Gasteiger partial charge in [0, 0.05) is 18.0 Å². The molecule has 0 aliphatic heterocycles. The zero-order valence-corrected chi connectivity index (χ0v) is 29.5. The first-order valence-corrected chi connectivity index (χ1v) is 16.9. The number of nitrogens with zero attached hydrogens (tertiary/aromatic N) is 2. The van der Waals surface area contributed by atoms with E-state index in [0.717, 1.165) is 5.56 Å². The van der Waals surface area contributed by atoms with E-state index in [9.17, 15) is 28.1 Å². The summed E-state index contributed by atoms with van der Waals surface area (Å²) in [4.78, 5) is 42.4. The Morgan fingerprint density at radius 2 is 1.52 bits per heavy atom. The minimum Gasteiger partial charge on any atom is -0.342 e. The van der Waals surface area contributed by atoms with Crippen LogP contribution in [0, 0.1) is 22.7 Å². The lowest BCUT2D eigenvalue weighted by molar-refractivity contribution is -0.140. The number of benzene rings is 2. The minimum absolute atomic E-state index is 0.103. The maximum Gasteiger partial charge on any atom is 0.260 e. The first-order chi connectivity index (χ1) is 21.3. The van der Waals surface area contributed by atoms with Gasteiger partial charge in [-0.15, -0.1) is 0 Å². The van der Waals surface area contributed by atoms with Crippen LogP contribution >= 0.6 is 0 Å². The Morgan fingerprint density at radius 1 is 0.957 bits per heavy atom. The summed E-state index contributed by atoms with van der Waals surface area (Å²) in [5.41, 5.74) is 0.295. The normalized spacial score (nSPS) is 14.5.